The molecule has 18 heavy (non-hydrogen) atoms. The highest BCUT2D eigenvalue weighted by Crippen LogP contribution is 2.18. The molecule has 0 aromatic carbocycles. The Labute approximate surface area is 109 Å². The molecule has 1 aliphatic rings. The average molecular weight is 256 g/mol. The molecule has 1 amide bonds. The molecular weight excluding hydrogens is 232 g/mol. The number of amides is 1. The van der Waals surface area contributed by atoms with Crippen LogP contribution in [0.25, 0.3) is 0 Å². The lowest BCUT2D eigenvalue weighted by atomic mass is 10.0. The molecule has 0 spiro atoms. The van der Waals surface area contributed by atoms with Crippen molar-refractivity contribution < 1.29 is 14.7 Å². The van der Waals surface area contributed by atoms with Gasteiger partial charge in [-0.15, -0.1) is 0 Å². The lowest BCUT2D eigenvalue weighted by molar-refractivity contribution is -0.151. The third-order valence-corrected chi connectivity index (χ3v) is 3.43. The summed E-state index contributed by atoms with van der Waals surface area (Å²) in [6.45, 7) is 1.38. The van der Waals surface area contributed by atoms with Gasteiger partial charge in [-0.25, -0.2) is 4.79 Å². The molecule has 0 bridgehead atoms. The van der Waals surface area contributed by atoms with Gasteiger partial charge in [0, 0.05) is 13.0 Å². The van der Waals surface area contributed by atoms with Crippen LogP contribution in [-0.2, 0) is 9.59 Å². The molecule has 0 aliphatic carbocycles. The first-order valence-corrected chi connectivity index (χ1v) is 6.83. The minimum Gasteiger partial charge on any atom is -0.480 e. The molecule has 5 nitrogen and oxygen atoms in total. The third kappa shape index (κ3) is 4.64. The molecule has 2 N–H and O–H groups in total. The van der Waals surface area contributed by atoms with Gasteiger partial charge in [-0.05, 0) is 32.9 Å². The minimum atomic E-state index is -0.862. The normalized spacial score (nSPS) is 21.2. The number of carbonyl (C=O) groups is 2. The van der Waals surface area contributed by atoms with Crippen LogP contribution in [0.1, 0.15) is 44.9 Å². The van der Waals surface area contributed by atoms with Crippen LogP contribution in [0.2, 0.25) is 0 Å². The van der Waals surface area contributed by atoms with Crippen molar-refractivity contribution in [3.63, 3.8) is 0 Å². The maximum atomic E-state index is 12.1. The van der Waals surface area contributed by atoms with E-state index in [0.29, 0.717) is 19.4 Å². The number of likely N-dealkylation sites (tertiary alicyclic amines) is 1. The Morgan fingerprint density at radius 1 is 1.28 bits per heavy atom. The predicted molar refractivity (Wildman–Crippen MR) is 69.4 cm³/mol. The average Bonchev–Trinajstić information content (AvgIpc) is 2.28. The van der Waals surface area contributed by atoms with Crippen LogP contribution in [0, 0.1) is 0 Å². The van der Waals surface area contributed by atoms with Crippen molar-refractivity contribution in [1.82, 2.24) is 10.2 Å². The number of carboxylic acids is 1. The first-order chi connectivity index (χ1) is 8.66. The van der Waals surface area contributed by atoms with E-state index >= 15 is 0 Å². The van der Waals surface area contributed by atoms with Gasteiger partial charge in [0.25, 0.3) is 0 Å². The monoisotopic (exact) mass is 256 g/mol. The molecule has 1 heterocycles. The maximum absolute atomic E-state index is 12.1. The predicted octanol–water partition coefficient (Wildman–Crippen LogP) is 1.23. The molecule has 0 aromatic rings. The quantitative estimate of drug-likeness (QED) is 0.726. The van der Waals surface area contributed by atoms with Crippen molar-refractivity contribution in [3.05, 3.63) is 0 Å². The van der Waals surface area contributed by atoms with Gasteiger partial charge < -0.3 is 15.3 Å². The summed E-state index contributed by atoms with van der Waals surface area (Å²) >= 11 is 0. The second-order valence-corrected chi connectivity index (χ2v) is 4.85. The highest BCUT2D eigenvalue weighted by Gasteiger charge is 2.29. The van der Waals surface area contributed by atoms with E-state index in [2.05, 4.69) is 5.32 Å². The summed E-state index contributed by atoms with van der Waals surface area (Å²) in [4.78, 5) is 24.9. The van der Waals surface area contributed by atoms with Crippen molar-refractivity contribution >= 4 is 11.9 Å². The molecular formula is C13H24N2O3. The molecule has 1 rings (SSSR count). The first kappa shape index (κ1) is 15.0. The van der Waals surface area contributed by atoms with E-state index in [9.17, 15) is 14.7 Å². The number of rotatable bonds is 5. The summed E-state index contributed by atoms with van der Waals surface area (Å²) in [5.41, 5.74) is 0. The van der Waals surface area contributed by atoms with Crippen LogP contribution >= 0.6 is 0 Å². The summed E-state index contributed by atoms with van der Waals surface area (Å²) < 4.78 is 0. The fraction of sp³-hybridized carbons (Fsp3) is 0.846. The van der Waals surface area contributed by atoms with E-state index in [1.165, 1.54) is 0 Å². The molecule has 5 heteroatoms. The largest absolute Gasteiger partial charge is 0.480 e. The first-order valence-electron chi connectivity index (χ1n) is 6.83. The van der Waals surface area contributed by atoms with Crippen LogP contribution in [0.3, 0.4) is 0 Å². The second kappa shape index (κ2) is 8.08. The van der Waals surface area contributed by atoms with Crippen molar-refractivity contribution in [3.8, 4) is 0 Å². The zero-order chi connectivity index (χ0) is 13.4. The van der Waals surface area contributed by atoms with Gasteiger partial charge >= 0.3 is 5.97 Å². The summed E-state index contributed by atoms with van der Waals surface area (Å²) in [6, 6.07) is -0.618. The number of hydrogen-bond acceptors (Lipinski definition) is 3. The van der Waals surface area contributed by atoms with Crippen LogP contribution in [0.4, 0.5) is 0 Å². The smallest absolute Gasteiger partial charge is 0.326 e. The Kier molecular flexibility index (Phi) is 6.72. The number of hydrogen-bond donors (Lipinski definition) is 2. The van der Waals surface area contributed by atoms with E-state index < -0.39 is 12.0 Å². The number of aliphatic carboxylic acids is 1. The van der Waals surface area contributed by atoms with Crippen molar-refractivity contribution in [2.24, 2.45) is 0 Å². The lowest BCUT2D eigenvalue weighted by Gasteiger charge is -2.31. The van der Waals surface area contributed by atoms with Gasteiger partial charge in [0.1, 0.15) is 6.04 Å². The van der Waals surface area contributed by atoms with Gasteiger partial charge in [0.05, 0.1) is 0 Å². The third-order valence-electron chi connectivity index (χ3n) is 3.43. The summed E-state index contributed by atoms with van der Waals surface area (Å²) in [6.07, 6.45) is 5.77. The second-order valence-electron chi connectivity index (χ2n) is 4.85. The van der Waals surface area contributed by atoms with Gasteiger partial charge in [-0.3, -0.25) is 4.79 Å². The number of nitrogens with one attached hydrogen (secondary N) is 1. The Bertz CT molecular complexity index is 281. The summed E-state index contributed by atoms with van der Waals surface area (Å²) in [5.74, 6) is -0.876. The maximum Gasteiger partial charge on any atom is 0.326 e. The van der Waals surface area contributed by atoms with E-state index in [0.717, 1.165) is 38.6 Å². The van der Waals surface area contributed by atoms with Crippen LogP contribution in [0.15, 0.2) is 0 Å². The van der Waals surface area contributed by atoms with Crippen molar-refractivity contribution in [1.29, 1.82) is 0 Å². The standard InChI is InChI=1S/C13H24N2O3/c1-14-9-6-8-12(16)15-10-5-3-2-4-7-11(15)13(17)18/h11,14H,2-10H2,1H3,(H,17,18). The number of nitrogens with zero attached hydrogens (tertiary/aromatic N) is 1. The Morgan fingerprint density at radius 2 is 2.00 bits per heavy atom. The molecule has 1 unspecified atom stereocenters. The van der Waals surface area contributed by atoms with Gasteiger partial charge in [0.2, 0.25) is 5.91 Å². The van der Waals surface area contributed by atoms with Crippen molar-refractivity contribution in [2.75, 3.05) is 20.1 Å². The summed E-state index contributed by atoms with van der Waals surface area (Å²) in [7, 11) is 1.85. The van der Waals surface area contributed by atoms with Crippen LogP contribution in [-0.4, -0.2) is 48.1 Å². The molecule has 1 aliphatic heterocycles. The molecule has 1 saturated heterocycles. The molecule has 0 radical (unpaired) electrons. The SMILES string of the molecule is CNCCCC(=O)N1CCCCCCC1C(=O)O. The number of carbonyl (C=O) groups excluding carboxylic acids is 1. The fourth-order valence-electron chi connectivity index (χ4n) is 2.40. The van der Waals surface area contributed by atoms with Crippen LogP contribution in [0.5, 0.6) is 0 Å². The van der Waals surface area contributed by atoms with Gasteiger partial charge in [0.15, 0.2) is 0 Å². The molecule has 0 aromatic heterocycles. The highest BCUT2D eigenvalue weighted by atomic mass is 16.4. The Hall–Kier alpha value is -1.10. The zero-order valence-corrected chi connectivity index (χ0v) is 11.2. The molecule has 0 saturated carbocycles. The topological polar surface area (TPSA) is 69.6 Å². The van der Waals surface area contributed by atoms with E-state index in [1.807, 2.05) is 7.05 Å². The highest BCUT2D eigenvalue weighted by molar-refractivity contribution is 5.83. The lowest BCUT2D eigenvalue weighted by Crippen LogP contribution is -2.46. The van der Waals surface area contributed by atoms with Gasteiger partial charge in [-0.2, -0.15) is 0 Å². The van der Waals surface area contributed by atoms with Crippen molar-refractivity contribution in [2.45, 2.75) is 51.0 Å². The summed E-state index contributed by atoms with van der Waals surface area (Å²) in [5, 5.41) is 12.2. The molecule has 1 fully saturated rings. The van der Waals surface area contributed by atoms with E-state index in [-0.39, 0.29) is 5.91 Å². The van der Waals surface area contributed by atoms with Crippen LogP contribution < -0.4 is 5.32 Å². The Balaban J connectivity index is 2.59. The Morgan fingerprint density at radius 3 is 2.67 bits per heavy atom. The van der Waals surface area contributed by atoms with Gasteiger partial charge in [-0.1, -0.05) is 19.3 Å². The zero-order valence-electron chi connectivity index (χ0n) is 11.2. The number of carboxylic acid groups (broad SMARTS) is 1. The molecule has 104 valence electrons. The molecule has 1 atom stereocenters. The van der Waals surface area contributed by atoms with E-state index in [1.54, 1.807) is 4.90 Å². The fourth-order valence-corrected chi connectivity index (χ4v) is 2.40. The minimum absolute atomic E-state index is 0.0143. The van der Waals surface area contributed by atoms with E-state index in [4.69, 9.17) is 0 Å².